The van der Waals surface area contributed by atoms with Gasteiger partial charge in [-0.05, 0) is 19.4 Å². The molecule has 0 aliphatic carbocycles. The zero-order valence-electron chi connectivity index (χ0n) is 13.2. The number of furan rings is 1. The molecule has 116 valence electrons. The van der Waals surface area contributed by atoms with Gasteiger partial charge in [-0.25, -0.2) is 0 Å². The van der Waals surface area contributed by atoms with Crippen molar-refractivity contribution in [3.63, 3.8) is 0 Å². The molecule has 1 heterocycles. The molecule has 1 aromatic heterocycles. The van der Waals surface area contributed by atoms with E-state index in [-0.39, 0.29) is 6.04 Å². The van der Waals surface area contributed by atoms with E-state index in [1.165, 1.54) is 5.56 Å². The molecular weight excluding hydrogens is 264 g/mol. The SMILES string of the molecule is CCC(C)N(CCOC)C(CN)c1coc2ccccc12. The van der Waals surface area contributed by atoms with Crippen LogP contribution in [0.15, 0.2) is 34.9 Å². The van der Waals surface area contributed by atoms with Crippen LogP contribution >= 0.6 is 0 Å². The van der Waals surface area contributed by atoms with E-state index in [4.69, 9.17) is 14.9 Å². The number of nitrogens with zero attached hydrogens (tertiary/aromatic N) is 1. The molecule has 0 aliphatic heterocycles. The summed E-state index contributed by atoms with van der Waals surface area (Å²) < 4.78 is 10.9. The summed E-state index contributed by atoms with van der Waals surface area (Å²) in [5.74, 6) is 0. The van der Waals surface area contributed by atoms with Gasteiger partial charge in [0.25, 0.3) is 0 Å². The average molecular weight is 290 g/mol. The molecule has 4 heteroatoms. The van der Waals surface area contributed by atoms with Gasteiger partial charge in [0.15, 0.2) is 0 Å². The van der Waals surface area contributed by atoms with E-state index in [0.29, 0.717) is 19.2 Å². The quantitative estimate of drug-likeness (QED) is 0.811. The first-order chi connectivity index (χ1) is 10.2. The maximum atomic E-state index is 6.10. The molecule has 2 rings (SSSR count). The van der Waals surface area contributed by atoms with Crippen LogP contribution in [0.1, 0.15) is 31.9 Å². The molecule has 0 aliphatic rings. The maximum Gasteiger partial charge on any atom is 0.134 e. The van der Waals surface area contributed by atoms with E-state index < -0.39 is 0 Å². The number of fused-ring (bicyclic) bond motifs is 1. The Hall–Kier alpha value is -1.36. The van der Waals surface area contributed by atoms with E-state index in [0.717, 1.165) is 23.9 Å². The van der Waals surface area contributed by atoms with Crippen LogP contribution in [0, 0.1) is 0 Å². The molecule has 0 saturated heterocycles. The zero-order chi connectivity index (χ0) is 15.2. The summed E-state index contributed by atoms with van der Waals surface area (Å²) in [7, 11) is 1.74. The van der Waals surface area contributed by atoms with Gasteiger partial charge in [-0.2, -0.15) is 0 Å². The number of para-hydroxylation sites is 1. The largest absolute Gasteiger partial charge is 0.464 e. The summed E-state index contributed by atoms with van der Waals surface area (Å²) >= 11 is 0. The summed E-state index contributed by atoms with van der Waals surface area (Å²) in [6.45, 7) is 6.58. The number of benzene rings is 1. The minimum atomic E-state index is 0.152. The Bertz CT molecular complexity index is 552. The molecule has 1 aromatic carbocycles. The molecule has 0 amide bonds. The summed E-state index contributed by atoms with van der Waals surface area (Å²) in [5.41, 5.74) is 8.19. The number of hydrogen-bond acceptors (Lipinski definition) is 4. The van der Waals surface area contributed by atoms with Crippen LogP contribution in [0.4, 0.5) is 0 Å². The van der Waals surface area contributed by atoms with E-state index in [1.54, 1.807) is 7.11 Å². The highest BCUT2D eigenvalue weighted by Gasteiger charge is 2.25. The molecule has 2 aromatic rings. The topological polar surface area (TPSA) is 51.6 Å². The molecule has 0 fully saturated rings. The third-order valence-corrected chi connectivity index (χ3v) is 4.20. The summed E-state index contributed by atoms with van der Waals surface area (Å²) in [6.07, 6.45) is 2.93. The second kappa shape index (κ2) is 7.59. The van der Waals surface area contributed by atoms with Crippen molar-refractivity contribution in [1.82, 2.24) is 4.90 Å². The van der Waals surface area contributed by atoms with Crippen molar-refractivity contribution < 1.29 is 9.15 Å². The first-order valence-electron chi connectivity index (χ1n) is 7.63. The Morgan fingerprint density at radius 2 is 2.10 bits per heavy atom. The minimum Gasteiger partial charge on any atom is -0.464 e. The Morgan fingerprint density at radius 3 is 2.76 bits per heavy atom. The molecule has 0 radical (unpaired) electrons. The van der Waals surface area contributed by atoms with Gasteiger partial charge < -0.3 is 14.9 Å². The van der Waals surface area contributed by atoms with Crippen LogP contribution < -0.4 is 5.73 Å². The van der Waals surface area contributed by atoms with Gasteiger partial charge in [0.1, 0.15) is 5.58 Å². The normalized spacial score (nSPS) is 14.7. The highest BCUT2D eigenvalue weighted by molar-refractivity contribution is 5.81. The lowest BCUT2D eigenvalue weighted by molar-refractivity contribution is 0.0904. The van der Waals surface area contributed by atoms with Crippen molar-refractivity contribution >= 4 is 11.0 Å². The third kappa shape index (κ3) is 3.46. The highest BCUT2D eigenvalue weighted by Crippen LogP contribution is 2.31. The lowest BCUT2D eigenvalue weighted by atomic mass is 10.0. The molecule has 2 atom stereocenters. The van der Waals surface area contributed by atoms with Gasteiger partial charge in [-0.3, -0.25) is 4.90 Å². The van der Waals surface area contributed by atoms with Crippen LogP contribution in [0.3, 0.4) is 0 Å². The average Bonchev–Trinajstić information content (AvgIpc) is 2.94. The highest BCUT2D eigenvalue weighted by atomic mass is 16.5. The Balaban J connectivity index is 2.34. The van der Waals surface area contributed by atoms with Crippen LogP contribution in [0.5, 0.6) is 0 Å². The van der Waals surface area contributed by atoms with Gasteiger partial charge in [-0.1, -0.05) is 25.1 Å². The van der Waals surface area contributed by atoms with Crippen LogP contribution in [-0.2, 0) is 4.74 Å². The van der Waals surface area contributed by atoms with Gasteiger partial charge in [0, 0.05) is 37.2 Å². The molecule has 2 N–H and O–H groups in total. The fourth-order valence-electron chi connectivity index (χ4n) is 2.81. The van der Waals surface area contributed by atoms with Crippen molar-refractivity contribution in [3.8, 4) is 0 Å². The van der Waals surface area contributed by atoms with E-state index in [1.807, 2.05) is 24.5 Å². The van der Waals surface area contributed by atoms with Gasteiger partial charge in [0.2, 0.25) is 0 Å². The summed E-state index contributed by atoms with van der Waals surface area (Å²) in [5, 5.41) is 1.15. The van der Waals surface area contributed by atoms with Gasteiger partial charge >= 0.3 is 0 Å². The van der Waals surface area contributed by atoms with E-state index in [2.05, 4.69) is 24.8 Å². The van der Waals surface area contributed by atoms with Crippen molar-refractivity contribution in [2.45, 2.75) is 32.4 Å². The number of hydrogen-bond donors (Lipinski definition) is 1. The molecule has 0 spiro atoms. The first-order valence-corrected chi connectivity index (χ1v) is 7.63. The molecule has 0 saturated carbocycles. The van der Waals surface area contributed by atoms with Crippen molar-refractivity contribution in [2.24, 2.45) is 5.73 Å². The standard InChI is InChI=1S/C17H26N2O2/c1-4-13(2)19(9-10-20-3)16(11-18)15-12-21-17-8-6-5-7-14(15)17/h5-8,12-13,16H,4,9-11,18H2,1-3H3. The smallest absolute Gasteiger partial charge is 0.134 e. The molecule has 2 unspecified atom stereocenters. The predicted octanol–water partition coefficient (Wildman–Crippen LogP) is 3.18. The maximum absolute atomic E-state index is 6.10. The zero-order valence-corrected chi connectivity index (χ0v) is 13.2. The lowest BCUT2D eigenvalue weighted by Gasteiger charge is -2.35. The number of rotatable bonds is 8. The fourth-order valence-corrected chi connectivity index (χ4v) is 2.81. The number of nitrogens with two attached hydrogens (primary N) is 1. The van der Waals surface area contributed by atoms with Crippen molar-refractivity contribution in [2.75, 3.05) is 26.8 Å². The Morgan fingerprint density at radius 1 is 1.33 bits per heavy atom. The first kappa shape index (κ1) is 16.0. The minimum absolute atomic E-state index is 0.152. The van der Waals surface area contributed by atoms with Gasteiger partial charge in [-0.15, -0.1) is 0 Å². The lowest BCUT2D eigenvalue weighted by Crippen LogP contribution is -2.41. The van der Waals surface area contributed by atoms with Crippen molar-refractivity contribution in [3.05, 3.63) is 36.1 Å². The van der Waals surface area contributed by atoms with Crippen LogP contribution in [-0.4, -0.2) is 37.7 Å². The van der Waals surface area contributed by atoms with Crippen LogP contribution in [0.25, 0.3) is 11.0 Å². The van der Waals surface area contributed by atoms with Gasteiger partial charge in [0.05, 0.1) is 18.9 Å². The second-order valence-electron chi connectivity index (χ2n) is 5.43. The molecular formula is C17H26N2O2. The molecule has 21 heavy (non-hydrogen) atoms. The monoisotopic (exact) mass is 290 g/mol. The Kier molecular flexibility index (Phi) is 5.79. The predicted molar refractivity (Wildman–Crippen MR) is 86.3 cm³/mol. The second-order valence-corrected chi connectivity index (χ2v) is 5.43. The fraction of sp³-hybridized carbons (Fsp3) is 0.529. The number of methoxy groups -OCH3 is 1. The summed E-state index contributed by atoms with van der Waals surface area (Å²) in [6, 6.07) is 8.72. The summed E-state index contributed by atoms with van der Waals surface area (Å²) in [4.78, 5) is 2.42. The third-order valence-electron chi connectivity index (χ3n) is 4.20. The molecule has 4 nitrogen and oxygen atoms in total. The molecule has 0 bridgehead atoms. The number of ether oxygens (including phenoxy) is 1. The van der Waals surface area contributed by atoms with E-state index in [9.17, 15) is 0 Å². The Labute approximate surface area is 126 Å². The van der Waals surface area contributed by atoms with Crippen LogP contribution in [0.2, 0.25) is 0 Å². The van der Waals surface area contributed by atoms with E-state index >= 15 is 0 Å². The van der Waals surface area contributed by atoms with Crippen molar-refractivity contribution in [1.29, 1.82) is 0 Å².